The van der Waals surface area contributed by atoms with Gasteiger partial charge >= 0.3 is 5.97 Å². The summed E-state index contributed by atoms with van der Waals surface area (Å²) < 4.78 is 38.2. The van der Waals surface area contributed by atoms with Crippen LogP contribution in [0.3, 0.4) is 0 Å². The van der Waals surface area contributed by atoms with E-state index in [-0.39, 0.29) is 16.2 Å². The molecule has 1 unspecified atom stereocenters. The van der Waals surface area contributed by atoms with Crippen molar-refractivity contribution in [1.82, 2.24) is 4.31 Å². The Morgan fingerprint density at radius 1 is 1.06 bits per heavy atom. The van der Waals surface area contributed by atoms with E-state index in [2.05, 4.69) is 5.32 Å². The number of methoxy groups -OCH3 is 1. The van der Waals surface area contributed by atoms with E-state index in [0.717, 1.165) is 25.7 Å². The number of hydrogen-bond acceptors (Lipinski definition) is 6. The van der Waals surface area contributed by atoms with E-state index >= 15 is 0 Å². The summed E-state index contributed by atoms with van der Waals surface area (Å²) in [5.74, 6) is -1.31. The van der Waals surface area contributed by atoms with Crippen LogP contribution in [0.25, 0.3) is 0 Å². The first-order valence-corrected chi connectivity index (χ1v) is 12.5. The lowest BCUT2D eigenvalue weighted by molar-refractivity contribution is -0.123. The van der Waals surface area contributed by atoms with Gasteiger partial charge < -0.3 is 14.8 Å². The zero-order valence-electron chi connectivity index (χ0n) is 18.5. The van der Waals surface area contributed by atoms with Crippen molar-refractivity contribution < 1.29 is 27.5 Å². The number of amides is 1. The predicted molar refractivity (Wildman–Crippen MR) is 125 cm³/mol. The van der Waals surface area contributed by atoms with Crippen molar-refractivity contribution in [2.24, 2.45) is 0 Å². The second-order valence-electron chi connectivity index (χ2n) is 7.70. The third kappa shape index (κ3) is 6.04. The molecule has 0 aliphatic carbocycles. The SMILES string of the molecule is COc1ccc(S(=O)(=O)N2CCCCCC2)cc1C(=O)OC(C)C(=O)Nc1ccccc1Cl. The zero-order chi connectivity index (χ0) is 24.0. The number of halogens is 1. The highest BCUT2D eigenvalue weighted by atomic mass is 35.5. The van der Waals surface area contributed by atoms with Gasteiger partial charge in [0.1, 0.15) is 11.3 Å². The molecule has 1 amide bonds. The van der Waals surface area contributed by atoms with Crippen molar-refractivity contribution >= 4 is 39.2 Å². The zero-order valence-corrected chi connectivity index (χ0v) is 20.1. The first kappa shape index (κ1) is 25.0. The lowest BCUT2D eigenvalue weighted by atomic mass is 10.2. The van der Waals surface area contributed by atoms with Crippen molar-refractivity contribution in [3.05, 3.63) is 53.1 Å². The Labute approximate surface area is 198 Å². The number of anilines is 1. The average Bonchev–Trinajstić information content (AvgIpc) is 3.10. The second kappa shape index (κ2) is 11.0. The quantitative estimate of drug-likeness (QED) is 0.581. The van der Waals surface area contributed by atoms with Gasteiger partial charge in [-0.15, -0.1) is 0 Å². The van der Waals surface area contributed by atoms with E-state index in [9.17, 15) is 18.0 Å². The standard InChI is InChI=1S/C23H27ClN2O6S/c1-16(22(27)25-20-10-6-5-9-19(20)24)32-23(28)18-15-17(11-12-21(18)31-2)33(29,30)26-13-7-3-4-8-14-26/h5-6,9-12,15-16H,3-4,7-8,13-14H2,1-2H3,(H,25,27). The summed E-state index contributed by atoms with van der Waals surface area (Å²) in [7, 11) is -2.42. The molecule has 1 atom stereocenters. The predicted octanol–water partition coefficient (Wildman–Crippen LogP) is 4.10. The Morgan fingerprint density at radius 2 is 1.73 bits per heavy atom. The lowest BCUT2D eigenvalue weighted by Crippen LogP contribution is -2.32. The van der Waals surface area contributed by atoms with Gasteiger partial charge in [0.15, 0.2) is 6.10 Å². The molecule has 1 aliphatic heterocycles. The molecule has 33 heavy (non-hydrogen) atoms. The fourth-order valence-corrected chi connectivity index (χ4v) is 5.24. The van der Waals surface area contributed by atoms with Crippen LogP contribution in [0, 0.1) is 0 Å². The molecule has 0 bridgehead atoms. The van der Waals surface area contributed by atoms with Gasteiger partial charge in [-0.2, -0.15) is 4.31 Å². The molecule has 10 heteroatoms. The van der Waals surface area contributed by atoms with Crippen LogP contribution in [0.1, 0.15) is 43.0 Å². The van der Waals surface area contributed by atoms with Crippen LogP contribution in [0.2, 0.25) is 5.02 Å². The number of carbonyl (C=O) groups is 2. The highest BCUT2D eigenvalue weighted by Gasteiger charge is 2.28. The second-order valence-corrected chi connectivity index (χ2v) is 10.0. The van der Waals surface area contributed by atoms with E-state index in [1.807, 2.05) is 0 Å². The Hall–Kier alpha value is -2.62. The van der Waals surface area contributed by atoms with E-state index in [1.165, 1.54) is 36.5 Å². The third-order valence-electron chi connectivity index (χ3n) is 5.38. The fraction of sp³-hybridized carbons (Fsp3) is 0.391. The first-order chi connectivity index (χ1) is 15.7. The lowest BCUT2D eigenvalue weighted by Gasteiger charge is -2.21. The van der Waals surface area contributed by atoms with Crippen LogP contribution >= 0.6 is 11.6 Å². The number of para-hydroxylation sites is 1. The Balaban J connectivity index is 1.79. The van der Waals surface area contributed by atoms with E-state index in [4.69, 9.17) is 21.1 Å². The Kier molecular flexibility index (Phi) is 8.34. The molecule has 1 fully saturated rings. The molecule has 8 nitrogen and oxygen atoms in total. The minimum atomic E-state index is -3.78. The summed E-state index contributed by atoms with van der Waals surface area (Å²) in [5, 5.41) is 2.94. The molecule has 0 radical (unpaired) electrons. The summed E-state index contributed by atoms with van der Waals surface area (Å²) in [4.78, 5) is 25.3. The van der Waals surface area contributed by atoms with E-state index < -0.39 is 28.0 Å². The topological polar surface area (TPSA) is 102 Å². The average molecular weight is 495 g/mol. The van der Waals surface area contributed by atoms with Gasteiger partial charge in [-0.3, -0.25) is 4.79 Å². The van der Waals surface area contributed by atoms with Gasteiger partial charge in [0.25, 0.3) is 5.91 Å². The monoisotopic (exact) mass is 494 g/mol. The van der Waals surface area contributed by atoms with E-state index in [1.54, 1.807) is 24.3 Å². The summed E-state index contributed by atoms with van der Waals surface area (Å²) in [6, 6.07) is 10.7. The van der Waals surface area contributed by atoms with Crippen LogP contribution in [0.15, 0.2) is 47.4 Å². The molecule has 0 aromatic heterocycles. The van der Waals surface area contributed by atoms with Crippen molar-refractivity contribution in [3.8, 4) is 5.75 Å². The molecule has 1 heterocycles. The number of sulfonamides is 1. The molecule has 1 N–H and O–H groups in total. The fourth-order valence-electron chi connectivity index (χ4n) is 3.51. The van der Waals surface area contributed by atoms with Gasteiger partial charge in [0.2, 0.25) is 10.0 Å². The summed E-state index contributed by atoms with van der Waals surface area (Å²) in [6.07, 6.45) is 2.40. The van der Waals surface area contributed by atoms with Crippen molar-refractivity contribution in [2.75, 3.05) is 25.5 Å². The molecule has 2 aromatic rings. The molecule has 0 spiro atoms. The largest absolute Gasteiger partial charge is 0.496 e. The maximum absolute atomic E-state index is 13.1. The van der Waals surface area contributed by atoms with Gasteiger partial charge in [-0.05, 0) is 50.1 Å². The van der Waals surface area contributed by atoms with E-state index in [0.29, 0.717) is 23.8 Å². The summed E-state index contributed by atoms with van der Waals surface area (Å²) >= 11 is 6.05. The van der Waals surface area contributed by atoms with Crippen molar-refractivity contribution in [2.45, 2.75) is 43.6 Å². The third-order valence-corrected chi connectivity index (χ3v) is 7.60. The number of rotatable bonds is 7. The smallest absolute Gasteiger partial charge is 0.342 e. The molecule has 1 aliphatic rings. The van der Waals surface area contributed by atoms with Crippen molar-refractivity contribution in [1.29, 1.82) is 0 Å². The molecule has 1 saturated heterocycles. The molecule has 0 saturated carbocycles. The Morgan fingerprint density at radius 3 is 2.36 bits per heavy atom. The highest BCUT2D eigenvalue weighted by Crippen LogP contribution is 2.27. The van der Waals surface area contributed by atoms with Crippen LogP contribution < -0.4 is 10.1 Å². The highest BCUT2D eigenvalue weighted by molar-refractivity contribution is 7.89. The first-order valence-electron chi connectivity index (χ1n) is 10.7. The number of carbonyl (C=O) groups excluding carboxylic acids is 2. The minimum Gasteiger partial charge on any atom is -0.496 e. The van der Waals surface area contributed by atoms with Gasteiger partial charge in [0.05, 0.1) is 22.7 Å². The summed E-state index contributed by atoms with van der Waals surface area (Å²) in [6.45, 7) is 2.29. The number of nitrogens with zero attached hydrogens (tertiary/aromatic N) is 1. The number of hydrogen-bond donors (Lipinski definition) is 1. The Bertz CT molecular complexity index is 1110. The normalized spacial score (nSPS) is 15.8. The van der Waals surface area contributed by atoms with Gasteiger partial charge in [-0.25, -0.2) is 13.2 Å². The van der Waals surface area contributed by atoms with Gasteiger partial charge in [-0.1, -0.05) is 36.6 Å². The number of ether oxygens (including phenoxy) is 2. The molecule has 3 rings (SSSR count). The maximum Gasteiger partial charge on any atom is 0.342 e. The number of nitrogens with one attached hydrogen (secondary N) is 1. The van der Waals surface area contributed by atoms with Crippen molar-refractivity contribution in [3.63, 3.8) is 0 Å². The molecular formula is C23H27ClN2O6S. The number of esters is 1. The van der Waals surface area contributed by atoms with Gasteiger partial charge in [0, 0.05) is 13.1 Å². The molecule has 2 aromatic carbocycles. The van der Waals surface area contributed by atoms with Crippen LogP contribution in [-0.4, -0.2) is 50.9 Å². The van der Waals surface area contributed by atoms with Crippen LogP contribution in [0.5, 0.6) is 5.75 Å². The maximum atomic E-state index is 13.1. The molecule has 178 valence electrons. The number of benzene rings is 2. The summed E-state index contributed by atoms with van der Waals surface area (Å²) in [5.41, 5.74) is 0.306. The van der Waals surface area contributed by atoms with Crippen LogP contribution in [-0.2, 0) is 19.6 Å². The molecular weight excluding hydrogens is 468 g/mol. The minimum absolute atomic E-state index is 0.0229. The van der Waals surface area contributed by atoms with Crippen LogP contribution in [0.4, 0.5) is 5.69 Å².